The van der Waals surface area contributed by atoms with Gasteiger partial charge in [-0.1, -0.05) is 13.8 Å². The topological polar surface area (TPSA) is 59.1 Å². The maximum Gasteiger partial charge on any atom is 0.260 e. The Morgan fingerprint density at radius 1 is 1.11 bits per heavy atom. The Morgan fingerprint density at radius 2 is 1.81 bits per heavy atom. The minimum absolute atomic E-state index is 0.00559. The first-order valence-corrected chi connectivity index (χ1v) is 9.85. The molecule has 0 N–H and O–H groups in total. The lowest BCUT2D eigenvalue weighted by Crippen LogP contribution is -2.38. The van der Waals surface area contributed by atoms with Crippen LogP contribution in [-0.4, -0.2) is 61.5 Å². The van der Waals surface area contributed by atoms with Crippen LogP contribution in [0.2, 0.25) is 0 Å². The normalized spacial score (nSPS) is 14.2. The van der Waals surface area contributed by atoms with Crippen LogP contribution in [0.4, 0.5) is 0 Å². The highest BCUT2D eigenvalue weighted by Gasteiger charge is 2.19. The van der Waals surface area contributed by atoms with Crippen molar-refractivity contribution in [2.45, 2.75) is 40.0 Å². The fourth-order valence-electron chi connectivity index (χ4n) is 3.25. The number of benzene rings is 1. The lowest BCUT2D eigenvalue weighted by molar-refractivity contribution is -0.134. The Hall–Kier alpha value is -2.24. The molecule has 0 unspecified atom stereocenters. The van der Waals surface area contributed by atoms with Crippen LogP contribution in [0, 0.1) is 5.92 Å². The van der Waals surface area contributed by atoms with Crippen LogP contribution in [0.3, 0.4) is 0 Å². The average Bonchev–Trinajstić information content (AvgIpc) is 2.66. The van der Waals surface area contributed by atoms with Crippen molar-refractivity contribution in [3.05, 3.63) is 23.8 Å². The van der Waals surface area contributed by atoms with Crippen molar-refractivity contribution < 1.29 is 19.1 Å². The number of hydrogen-bond donors (Lipinski definition) is 0. The standard InChI is InChI=1S/C21H32N2O4/c1-5-26-19-13-17(21(25)22(4)14-16(2)3)9-10-18(19)27-15-20(24)23-11-7-6-8-12-23/h9-10,13,16H,5-8,11-12,14-15H2,1-4H3. The van der Waals surface area contributed by atoms with E-state index < -0.39 is 0 Å². The van der Waals surface area contributed by atoms with Gasteiger partial charge in [-0.25, -0.2) is 0 Å². The molecule has 6 nitrogen and oxygen atoms in total. The van der Waals surface area contributed by atoms with E-state index in [1.807, 2.05) is 11.8 Å². The van der Waals surface area contributed by atoms with Gasteiger partial charge in [0.05, 0.1) is 6.61 Å². The van der Waals surface area contributed by atoms with Crippen molar-refractivity contribution in [2.24, 2.45) is 5.92 Å². The summed E-state index contributed by atoms with van der Waals surface area (Å²) in [6, 6.07) is 5.14. The summed E-state index contributed by atoms with van der Waals surface area (Å²) in [6.45, 7) is 8.76. The first-order chi connectivity index (χ1) is 12.9. The molecule has 0 radical (unpaired) electrons. The van der Waals surface area contributed by atoms with Gasteiger partial charge in [0.15, 0.2) is 18.1 Å². The van der Waals surface area contributed by atoms with Gasteiger partial charge in [-0.2, -0.15) is 0 Å². The predicted molar refractivity (Wildman–Crippen MR) is 105 cm³/mol. The van der Waals surface area contributed by atoms with E-state index in [1.54, 1.807) is 30.1 Å². The molecule has 27 heavy (non-hydrogen) atoms. The average molecular weight is 376 g/mol. The van der Waals surface area contributed by atoms with Crippen LogP contribution in [-0.2, 0) is 4.79 Å². The van der Waals surface area contributed by atoms with Crippen molar-refractivity contribution in [3.63, 3.8) is 0 Å². The zero-order chi connectivity index (χ0) is 19.8. The molecule has 6 heteroatoms. The Kier molecular flexibility index (Phi) is 7.95. The fraction of sp³-hybridized carbons (Fsp3) is 0.619. The van der Waals surface area contributed by atoms with E-state index >= 15 is 0 Å². The molecule has 0 aromatic heterocycles. The minimum Gasteiger partial charge on any atom is -0.490 e. The smallest absolute Gasteiger partial charge is 0.260 e. The van der Waals surface area contributed by atoms with E-state index in [0.717, 1.165) is 25.9 Å². The molecule has 2 rings (SSSR count). The molecule has 150 valence electrons. The number of ether oxygens (including phenoxy) is 2. The molecule has 1 aliphatic heterocycles. The van der Waals surface area contributed by atoms with Crippen molar-refractivity contribution in [3.8, 4) is 11.5 Å². The fourth-order valence-corrected chi connectivity index (χ4v) is 3.25. The first kappa shape index (κ1) is 21.1. The lowest BCUT2D eigenvalue weighted by Gasteiger charge is -2.26. The summed E-state index contributed by atoms with van der Waals surface area (Å²) in [7, 11) is 1.80. The summed E-state index contributed by atoms with van der Waals surface area (Å²) in [4.78, 5) is 28.5. The largest absolute Gasteiger partial charge is 0.490 e. The maximum absolute atomic E-state index is 12.6. The number of hydrogen-bond acceptors (Lipinski definition) is 4. The molecule has 1 fully saturated rings. The first-order valence-electron chi connectivity index (χ1n) is 9.85. The third-order valence-electron chi connectivity index (χ3n) is 4.54. The summed E-state index contributed by atoms with van der Waals surface area (Å²) < 4.78 is 11.4. The number of carbonyl (C=O) groups is 2. The van der Waals surface area contributed by atoms with Gasteiger partial charge < -0.3 is 19.3 Å². The SMILES string of the molecule is CCOc1cc(C(=O)N(C)CC(C)C)ccc1OCC(=O)N1CCCCC1. The van der Waals surface area contributed by atoms with Gasteiger partial charge in [-0.05, 0) is 50.3 Å². The van der Waals surface area contributed by atoms with Crippen LogP contribution < -0.4 is 9.47 Å². The van der Waals surface area contributed by atoms with Crippen LogP contribution in [0.25, 0.3) is 0 Å². The number of rotatable bonds is 8. The van der Waals surface area contributed by atoms with Gasteiger partial charge in [0, 0.05) is 32.2 Å². The Labute approximate surface area is 162 Å². The molecule has 0 aliphatic carbocycles. The number of amides is 2. The van der Waals surface area contributed by atoms with Crippen molar-refractivity contribution in [2.75, 3.05) is 39.9 Å². The molecular formula is C21H32N2O4. The molecule has 1 aromatic rings. The van der Waals surface area contributed by atoms with E-state index in [0.29, 0.717) is 36.1 Å². The number of likely N-dealkylation sites (tertiary alicyclic amines) is 1. The van der Waals surface area contributed by atoms with E-state index in [1.165, 1.54) is 6.42 Å². The zero-order valence-electron chi connectivity index (χ0n) is 17.0. The second kappa shape index (κ2) is 10.2. The van der Waals surface area contributed by atoms with E-state index in [4.69, 9.17) is 9.47 Å². The monoisotopic (exact) mass is 376 g/mol. The number of nitrogens with zero attached hydrogens (tertiary/aromatic N) is 2. The summed E-state index contributed by atoms with van der Waals surface area (Å²) in [5.74, 6) is 1.32. The molecule has 1 saturated heterocycles. The zero-order valence-corrected chi connectivity index (χ0v) is 17.0. The number of piperidine rings is 1. The minimum atomic E-state index is -0.0550. The summed E-state index contributed by atoms with van der Waals surface area (Å²) >= 11 is 0. The van der Waals surface area contributed by atoms with Crippen molar-refractivity contribution in [1.82, 2.24) is 9.80 Å². The highest BCUT2D eigenvalue weighted by molar-refractivity contribution is 5.94. The highest BCUT2D eigenvalue weighted by atomic mass is 16.5. The molecule has 1 aromatic carbocycles. The molecule has 1 heterocycles. The second-order valence-corrected chi connectivity index (χ2v) is 7.40. The molecule has 1 aliphatic rings. The third kappa shape index (κ3) is 6.15. The van der Waals surface area contributed by atoms with Gasteiger partial charge in [-0.3, -0.25) is 9.59 Å². The quantitative estimate of drug-likeness (QED) is 0.699. The van der Waals surface area contributed by atoms with Crippen LogP contribution in [0.15, 0.2) is 18.2 Å². The van der Waals surface area contributed by atoms with Gasteiger partial charge in [0.1, 0.15) is 0 Å². The van der Waals surface area contributed by atoms with Crippen molar-refractivity contribution >= 4 is 11.8 Å². The van der Waals surface area contributed by atoms with Gasteiger partial charge in [0.2, 0.25) is 0 Å². The lowest BCUT2D eigenvalue weighted by atomic mass is 10.1. The Balaban J connectivity index is 2.05. The highest BCUT2D eigenvalue weighted by Crippen LogP contribution is 2.29. The summed E-state index contributed by atoms with van der Waals surface area (Å²) in [6.07, 6.45) is 3.28. The molecular weight excluding hydrogens is 344 g/mol. The molecule has 0 saturated carbocycles. The molecule has 0 bridgehead atoms. The van der Waals surface area contributed by atoms with Gasteiger partial charge >= 0.3 is 0 Å². The molecule has 2 amide bonds. The predicted octanol–water partition coefficient (Wildman–Crippen LogP) is 3.20. The number of carbonyl (C=O) groups excluding carboxylic acids is 2. The van der Waals surface area contributed by atoms with Crippen LogP contribution in [0.5, 0.6) is 11.5 Å². The second-order valence-electron chi connectivity index (χ2n) is 7.40. The van der Waals surface area contributed by atoms with Crippen molar-refractivity contribution in [1.29, 1.82) is 0 Å². The summed E-state index contributed by atoms with van der Waals surface area (Å²) in [5, 5.41) is 0. The summed E-state index contributed by atoms with van der Waals surface area (Å²) in [5.41, 5.74) is 0.552. The van der Waals surface area contributed by atoms with Crippen LogP contribution in [0.1, 0.15) is 50.4 Å². The Bertz CT molecular complexity index is 639. The Morgan fingerprint density at radius 3 is 2.44 bits per heavy atom. The third-order valence-corrected chi connectivity index (χ3v) is 4.54. The van der Waals surface area contributed by atoms with Gasteiger partial charge in [-0.15, -0.1) is 0 Å². The van der Waals surface area contributed by atoms with E-state index in [9.17, 15) is 9.59 Å². The molecule has 0 spiro atoms. The van der Waals surface area contributed by atoms with Crippen LogP contribution >= 0.6 is 0 Å². The maximum atomic E-state index is 12.6. The molecule has 0 atom stereocenters. The van der Waals surface area contributed by atoms with Gasteiger partial charge in [0.25, 0.3) is 11.8 Å². The van der Waals surface area contributed by atoms with E-state index in [-0.39, 0.29) is 18.4 Å². The van der Waals surface area contributed by atoms with E-state index in [2.05, 4.69) is 13.8 Å².